The third kappa shape index (κ3) is 5.01. The minimum Gasteiger partial charge on any atom is -0.496 e. The molecule has 220 valence electrons. The molecule has 2 aliphatic rings. The van der Waals surface area contributed by atoms with Gasteiger partial charge in [-0.2, -0.15) is 13.2 Å². The number of benzene rings is 3. The Hall–Kier alpha value is -4.36. The number of fused-ring (bicyclic) bond motifs is 2. The molecule has 2 unspecified atom stereocenters. The maximum Gasteiger partial charge on any atom is 0.418 e. The fourth-order valence-corrected chi connectivity index (χ4v) is 8.28. The Kier molecular flexibility index (Phi) is 7.38. The number of halogens is 3. The minimum absolute atomic E-state index is 0.308. The van der Waals surface area contributed by atoms with E-state index in [0.29, 0.717) is 26.9 Å². The number of anilines is 2. The van der Waals surface area contributed by atoms with Crippen molar-refractivity contribution in [2.75, 3.05) is 17.3 Å². The molecule has 13 heteroatoms. The molecule has 1 N–H and O–H groups in total. The lowest BCUT2D eigenvalue weighted by atomic mass is 9.82. The number of ether oxygens (including phenoxy) is 1. The molecule has 2 aliphatic heterocycles. The summed E-state index contributed by atoms with van der Waals surface area (Å²) in [4.78, 5) is 55.2. The topological polar surface area (TPSA) is 97.7 Å². The number of aromatic nitrogens is 1. The third-order valence-corrected chi connectivity index (χ3v) is 9.95. The number of alkyl halides is 3. The molecule has 1 aromatic heterocycles. The van der Waals surface area contributed by atoms with Gasteiger partial charge in [-0.3, -0.25) is 23.7 Å². The van der Waals surface area contributed by atoms with Crippen molar-refractivity contribution in [1.82, 2.24) is 4.57 Å². The van der Waals surface area contributed by atoms with Crippen molar-refractivity contribution in [3.8, 4) is 5.75 Å². The van der Waals surface area contributed by atoms with E-state index in [-0.39, 0.29) is 0 Å². The van der Waals surface area contributed by atoms with Crippen LogP contribution >= 0.6 is 23.1 Å². The molecule has 0 saturated carbocycles. The van der Waals surface area contributed by atoms with Crippen LogP contribution in [0.1, 0.15) is 21.9 Å². The molecule has 1 saturated heterocycles. The SMILES string of the molecule is COc1ccccc1[C@H]1c2sc(=O)n(CC(=O)Nc3ccccc3C(F)(F)F)c2SC2C(=O)N(c3ccccc3)C(=O)C21. The lowest BCUT2D eigenvalue weighted by molar-refractivity contribution is -0.137. The Balaban J connectivity index is 1.42. The molecule has 3 heterocycles. The van der Waals surface area contributed by atoms with Crippen molar-refractivity contribution in [3.05, 3.63) is 105 Å². The van der Waals surface area contributed by atoms with E-state index in [1.807, 2.05) is 0 Å². The first kappa shape index (κ1) is 28.7. The zero-order valence-corrected chi connectivity index (χ0v) is 24.0. The summed E-state index contributed by atoms with van der Waals surface area (Å²) in [5, 5.41) is 1.65. The summed E-state index contributed by atoms with van der Waals surface area (Å²) < 4.78 is 47.2. The van der Waals surface area contributed by atoms with Crippen LogP contribution in [0.25, 0.3) is 0 Å². The van der Waals surface area contributed by atoms with Crippen molar-refractivity contribution in [1.29, 1.82) is 0 Å². The molecule has 0 spiro atoms. The Labute approximate surface area is 251 Å². The van der Waals surface area contributed by atoms with Gasteiger partial charge in [-0.05, 0) is 30.3 Å². The number of hydrogen-bond acceptors (Lipinski definition) is 7. The van der Waals surface area contributed by atoms with Gasteiger partial charge in [-0.1, -0.05) is 71.6 Å². The summed E-state index contributed by atoms with van der Waals surface area (Å²) in [6, 6.07) is 20.1. The van der Waals surface area contributed by atoms with E-state index in [1.165, 1.54) is 19.2 Å². The number of carbonyl (C=O) groups is 3. The highest BCUT2D eigenvalue weighted by atomic mass is 32.2. The second kappa shape index (κ2) is 11.0. The first-order valence-electron chi connectivity index (χ1n) is 13.0. The largest absolute Gasteiger partial charge is 0.496 e. The minimum atomic E-state index is -4.70. The van der Waals surface area contributed by atoms with Gasteiger partial charge in [0.05, 0.1) is 35.0 Å². The van der Waals surface area contributed by atoms with Gasteiger partial charge in [0.2, 0.25) is 17.7 Å². The summed E-state index contributed by atoms with van der Waals surface area (Å²) >= 11 is 1.85. The van der Waals surface area contributed by atoms with Gasteiger partial charge in [0, 0.05) is 16.4 Å². The van der Waals surface area contributed by atoms with Crippen LogP contribution in [-0.4, -0.2) is 34.6 Å². The molecule has 0 radical (unpaired) electrons. The number of nitrogens with zero attached hydrogens (tertiary/aromatic N) is 2. The van der Waals surface area contributed by atoms with Gasteiger partial charge in [0.25, 0.3) is 0 Å². The van der Waals surface area contributed by atoms with E-state index in [4.69, 9.17) is 4.74 Å². The van der Waals surface area contributed by atoms with Crippen LogP contribution in [-0.2, 0) is 27.1 Å². The molecule has 3 amide bonds. The predicted molar refractivity (Wildman–Crippen MR) is 156 cm³/mol. The summed E-state index contributed by atoms with van der Waals surface area (Å²) in [5.74, 6) is -2.92. The van der Waals surface area contributed by atoms with Crippen molar-refractivity contribution >= 4 is 52.2 Å². The number of nitrogens with one attached hydrogen (secondary N) is 1. The van der Waals surface area contributed by atoms with Gasteiger partial charge in [0.1, 0.15) is 17.5 Å². The maximum atomic E-state index is 13.9. The highest BCUT2D eigenvalue weighted by molar-refractivity contribution is 8.00. The number of methoxy groups -OCH3 is 1. The van der Waals surface area contributed by atoms with E-state index in [2.05, 4.69) is 5.32 Å². The molecule has 3 atom stereocenters. The average molecular weight is 626 g/mol. The molecule has 43 heavy (non-hydrogen) atoms. The number of carbonyl (C=O) groups excluding carboxylic acids is 3. The van der Waals surface area contributed by atoms with Crippen molar-refractivity contribution in [3.63, 3.8) is 0 Å². The second-order valence-corrected chi connectivity index (χ2v) is 12.0. The zero-order chi connectivity index (χ0) is 30.5. The Bertz CT molecular complexity index is 1800. The van der Waals surface area contributed by atoms with Crippen molar-refractivity contribution < 1.29 is 32.3 Å². The quantitative estimate of drug-likeness (QED) is 0.290. The summed E-state index contributed by atoms with van der Waals surface area (Å²) in [6.45, 7) is -0.593. The van der Waals surface area contributed by atoms with Crippen LogP contribution in [0.15, 0.2) is 88.7 Å². The number of amides is 3. The van der Waals surface area contributed by atoms with Crippen LogP contribution < -0.4 is 19.8 Å². The number of rotatable bonds is 6. The van der Waals surface area contributed by atoms with Gasteiger partial charge in [-0.15, -0.1) is 0 Å². The molecule has 0 bridgehead atoms. The van der Waals surface area contributed by atoms with Gasteiger partial charge >= 0.3 is 11.0 Å². The zero-order valence-electron chi connectivity index (χ0n) is 22.3. The maximum absolute atomic E-state index is 13.9. The van der Waals surface area contributed by atoms with E-state index in [1.54, 1.807) is 54.6 Å². The predicted octanol–water partition coefficient (Wildman–Crippen LogP) is 5.37. The number of thiazole rings is 1. The Morgan fingerprint density at radius 1 is 0.930 bits per heavy atom. The normalized spacial score (nSPS) is 19.6. The first-order valence-corrected chi connectivity index (χ1v) is 14.7. The third-order valence-electron chi connectivity index (χ3n) is 7.35. The highest BCUT2D eigenvalue weighted by Gasteiger charge is 2.57. The second-order valence-electron chi connectivity index (χ2n) is 9.85. The number of para-hydroxylation sites is 3. The smallest absolute Gasteiger partial charge is 0.418 e. The van der Waals surface area contributed by atoms with Gasteiger partial charge in [0.15, 0.2) is 0 Å². The van der Waals surface area contributed by atoms with Crippen LogP contribution in [0.4, 0.5) is 24.5 Å². The number of hydrogen-bond donors (Lipinski definition) is 1. The molecule has 1 fully saturated rings. The van der Waals surface area contributed by atoms with Crippen molar-refractivity contribution in [2.24, 2.45) is 5.92 Å². The van der Waals surface area contributed by atoms with Crippen molar-refractivity contribution in [2.45, 2.75) is 28.9 Å². The van der Waals surface area contributed by atoms with Crippen LogP contribution in [0.3, 0.4) is 0 Å². The van der Waals surface area contributed by atoms with E-state index in [9.17, 15) is 32.3 Å². The van der Waals surface area contributed by atoms with Crippen LogP contribution in [0.2, 0.25) is 0 Å². The van der Waals surface area contributed by atoms with E-state index in [0.717, 1.165) is 44.7 Å². The lowest BCUT2D eigenvalue weighted by Gasteiger charge is -2.31. The Morgan fingerprint density at radius 3 is 2.33 bits per heavy atom. The number of imide groups is 1. The van der Waals surface area contributed by atoms with E-state index < -0.39 is 63.7 Å². The Morgan fingerprint density at radius 2 is 1.60 bits per heavy atom. The fourth-order valence-electron chi connectivity index (χ4n) is 5.52. The summed E-state index contributed by atoms with van der Waals surface area (Å²) in [7, 11) is 1.48. The fraction of sp³-hybridized carbons (Fsp3) is 0.200. The van der Waals surface area contributed by atoms with Crippen LogP contribution in [0.5, 0.6) is 5.75 Å². The number of thioether (sulfide) groups is 1. The van der Waals surface area contributed by atoms with Gasteiger partial charge < -0.3 is 10.1 Å². The average Bonchev–Trinajstić information content (AvgIpc) is 3.43. The van der Waals surface area contributed by atoms with E-state index >= 15 is 0 Å². The molecular weight excluding hydrogens is 603 g/mol. The first-order chi connectivity index (χ1) is 20.6. The van der Waals surface area contributed by atoms with Gasteiger partial charge in [-0.25, -0.2) is 4.90 Å². The molecule has 3 aromatic carbocycles. The van der Waals surface area contributed by atoms with Crippen LogP contribution in [0, 0.1) is 5.92 Å². The molecule has 4 aromatic rings. The molecule has 8 nitrogen and oxygen atoms in total. The lowest BCUT2D eigenvalue weighted by Crippen LogP contribution is -2.33. The molecular formula is C30H22F3N3O5S2. The monoisotopic (exact) mass is 625 g/mol. The standard InChI is InChI=1S/C30H22F3N3O5S2/c1-41-20-14-8-5-11-17(20)22-23-24(27(39)36(26(23)38)16-9-3-2-4-10-16)42-28-25(22)43-29(40)35(28)15-21(37)34-19-13-7-6-12-18(19)30(31,32)33/h2-14,22-24H,15H2,1H3,(H,34,37)/t22-,23?,24?/m1/s1. The highest BCUT2D eigenvalue weighted by Crippen LogP contribution is 2.55. The summed E-state index contributed by atoms with van der Waals surface area (Å²) in [5.41, 5.74) is -0.455. The molecule has 6 rings (SSSR count). The summed E-state index contributed by atoms with van der Waals surface area (Å²) in [6.07, 6.45) is -4.70. The molecule has 0 aliphatic carbocycles.